The minimum Gasteiger partial charge on any atom is -0.497 e. The molecule has 1 aromatic carbocycles. The maximum atomic E-state index is 12.3. The zero-order valence-corrected chi connectivity index (χ0v) is 11.9. The highest BCUT2D eigenvalue weighted by Gasteiger charge is 2.22. The molecule has 0 unspecified atom stereocenters. The van der Waals surface area contributed by atoms with Crippen LogP contribution in [0.4, 0.5) is 11.4 Å². The summed E-state index contributed by atoms with van der Waals surface area (Å²) in [5.41, 5.74) is 3.17. The van der Waals surface area contributed by atoms with Crippen molar-refractivity contribution in [3.05, 3.63) is 48.3 Å². The molecule has 0 atom stereocenters. The smallest absolute Gasteiger partial charge is 0.232 e. The molecule has 1 amide bonds. The van der Waals surface area contributed by atoms with Gasteiger partial charge in [-0.25, -0.2) is 0 Å². The van der Waals surface area contributed by atoms with E-state index < -0.39 is 0 Å². The third-order valence-corrected chi connectivity index (χ3v) is 3.51. The van der Waals surface area contributed by atoms with E-state index >= 15 is 0 Å². The predicted molar refractivity (Wildman–Crippen MR) is 81.5 cm³/mol. The molecule has 0 radical (unpaired) electrons. The molecule has 0 saturated carbocycles. The lowest BCUT2D eigenvalue weighted by molar-refractivity contribution is -0.117. The van der Waals surface area contributed by atoms with Crippen LogP contribution >= 0.6 is 0 Å². The quantitative estimate of drug-likeness (QED) is 0.850. The first kappa shape index (κ1) is 13.3. The number of methoxy groups -OCH3 is 1. The third kappa shape index (κ3) is 2.50. The fourth-order valence-electron chi connectivity index (χ4n) is 2.29. The molecule has 5 heteroatoms. The minimum atomic E-state index is -0.00225. The highest BCUT2D eigenvalue weighted by Crippen LogP contribution is 2.35. The predicted octanol–water partition coefficient (Wildman–Crippen LogP) is 2.58. The van der Waals surface area contributed by atoms with Gasteiger partial charge < -0.3 is 9.64 Å². The molecule has 5 nitrogen and oxygen atoms in total. The first-order chi connectivity index (χ1) is 10.2. The van der Waals surface area contributed by atoms with E-state index in [2.05, 4.69) is 9.98 Å². The average Bonchev–Trinajstić information content (AvgIpc) is 2.66. The van der Waals surface area contributed by atoms with Crippen molar-refractivity contribution < 1.29 is 9.53 Å². The number of hydrogen-bond donors (Lipinski definition) is 0. The number of aromatic nitrogens is 1. The van der Waals surface area contributed by atoms with Gasteiger partial charge in [-0.05, 0) is 29.8 Å². The highest BCUT2D eigenvalue weighted by molar-refractivity contribution is 6.17. The summed E-state index contributed by atoms with van der Waals surface area (Å²) in [6.45, 7) is 0. The molecule has 0 fully saturated rings. The van der Waals surface area contributed by atoms with Crippen molar-refractivity contribution in [2.75, 3.05) is 19.1 Å². The molecule has 21 heavy (non-hydrogen) atoms. The third-order valence-electron chi connectivity index (χ3n) is 3.51. The maximum Gasteiger partial charge on any atom is 0.232 e. The van der Waals surface area contributed by atoms with Crippen molar-refractivity contribution >= 4 is 23.0 Å². The van der Waals surface area contributed by atoms with Crippen molar-refractivity contribution in [1.29, 1.82) is 0 Å². The van der Waals surface area contributed by atoms with E-state index in [1.54, 1.807) is 31.5 Å². The van der Waals surface area contributed by atoms with Crippen LogP contribution in [0.1, 0.15) is 12.0 Å². The summed E-state index contributed by atoms with van der Waals surface area (Å²) in [5.74, 6) is 0.702. The number of hydrogen-bond acceptors (Lipinski definition) is 4. The molecule has 1 aliphatic heterocycles. The molecule has 2 heterocycles. The van der Waals surface area contributed by atoms with Gasteiger partial charge in [0.2, 0.25) is 5.91 Å². The Morgan fingerprint density at radius 1 is 1.19 bits per heavy atom. The van der Waals surface area contributed by atoms with Crippen molar-refractivity contribution in [2.45, 2.75) is 6.42 Å². The summed E-state index contributed by atoms with van der Waals surface area (Å²) in [6, 6.07) is 9.26. The van der Waals surface area contributed by atoms with Crippen molar-refractivity contribution in [2.24, 2.45) is 4.99 Å². The van der Waals surface area contributed by atoms with Crippen LogP contribution in [0.5, 0.6) is 5.75 Å². The van der Waals surface area contributed by atoms with E-state index in [4.69, 9.17) is 4.74 Å². The molecular formula is C16H15N3O2. The second-order valence-corrected chi connectivity index (χ2v) is 4.78. The fraction of sp³-hybridized carbons (Fsp3) is 0.188. The Balaban J connectivity index is 2.13. The minimum absolute atomic E-state index is 0.00225. The summed E-state index contributed by atoms with van der Waals surface area (Å²) in [6.07, 6.45) is 3.66. The van der Waals surface area contributed by atoms with Gasteiger partial charge in [-0.15, -0.1) is 0 Å². The zero-order chi connectivity index (χ0) is 14.8. The molecule has 0 bridgehead atoms. The number of carbonyl (C=O) groups is 1. The van der Waals surface area contributed by atoms with Gasteiger partial charge in [0, 0.05) is 25.5 Å². The number of carbonyl (C=O) groups excluding carboxylic acids is 1. The van der Waals surface area contributed by atoms with Gasteiger partial charge in [0.05, 0.1) is 30.6 Å². The number of aliphatic imine (C=N–C) groups is 1. The van der Waals surface area contributed by atoms with Gasteiger partial charge in [0.1, 0.15) is 5.75 Å². The number of ether oxygens (including phenoxy) is 1. The molecule has 1 aromatic heterocycles. The SMILES string of the molecule is COc1ccc2c(c1)N(C)C(=O)CC(c1ccncc1)=N2. The monoisotopic (exact) mass is 281 g/mol. The molecule has 3 rings (SSSR count). The summed E-state index contributed by atoms with van der Waals surface area (Å²) in [7, 11) is 3.36. The molecular weight excluding hydrogens is 266 g/mol. The van der Waals surface area contributed by atoms with E-state index in [1.165, 1.54) is 0 Å². The number of rotatable bonds is 2. The normalized spacial score (nSPS) is 14.3. The number of amides is 1. The first-order valence-electron chi connectivity index (χ1n) is 6.61. The van der Waals surface area contributed by atoms with E-state index in [-0.39, 0.29) is 12.3 Å². The summed E-state index contributed by atoms with van der Waals surface area (Å²) < 4.78 is 5.22. The van der Waals surface area contributed by atoms with Gasteiger partial charge in [-0.2, -0.15) is 0 Å². The Hall–Kier alpha value is -2.69. The molecule has 0 saturated heterocycles. The van der Waals surface area contributed by atoms with Crippen LogP contribution in [0.25, 0.3) is 0 Å². The van der Waals surface area contributed by atoms with Crippen LogP contribution in [0.3, 0.4) is 0 Å². The summed E-state index contributed by atoms with van der Waals surface area (Å²) >= 11 is 0. The lowest BCUT2D eigenvalue weighted by atomic mass is 10.1. The van der Waals surface area contributed by atoms with Crippen LogP contribution in [0, 0.1) is 0 Å². The van der Waals surface area contributed by atoms with Crippen LogP contribution in [-0.4, -0.2) is 30.8 Å². The van der Waals surface area contributed by atoms with Crippen molar-refractivity contribution in [3.8, 4) is 5.75 Å². The number of benzene rings is 1. The Labute approximate surface area is 122 Å². The lowest BCUT2D eigenvalue weighted by Gasteiger charge is -2.17. The maximum absolute atomic E-state index is 12.3. The van der Waals surface area contributed by atoms with Gasteiger partial charge in [-0.1, -0.05) is 0 Å². The van der Waals surface area contributed by atoms with E-state index in [9.17, 15) is 4.79 Å². The fourth-order valence-corrected chi connectivity index (χ4v) is 2.29. The molecule has 1 aliphatic rings. The largest absolute Gasteiger partial charge is 0.497 e. The van der Waals surface area contributed by atoms with Crippen LogP contribution in [-0.2, 0) is 4.79 Å². The molecule has 2 aromatic rings. The topological polar surface area (TPSA) is 54.8 Å². The van der Waals surface area contributed by atoms with Gasteiger partial charge >= 0.3 is 0 Å². The number of pyridine rings is 1. The summed E-state index contributed by atoms with van der Waals surface area (Å²) in [4.78, 5) is 22.6. The average molecular weight is 281 g/mol. The second kappa shape index (κ2) is 5.36. The summed E-state index contributed by atoms with van der Waals surface area (Å²) in [5, 5.41) is 0. The van der Waals surface area contributed by atoms with Gasteiger partial charge in [0.25, 0.3) is 0 Å². The van der Waals surface area contributed by atoms with Crippen LogP contribution in [0.2, 0.25) is 0 Å². The standard InChI is InChI=1S/C16H15N3O2/c1-19-15-9-12(21-2)3-4-13(15)18-14(10-16(19)20)11-5-7-17-8-6-11/h3-9H,10H2,1-2H3. The molecule has 0 N–H and O–H groups in total. The number of nitrogens with zero attached hydrogens (tertiary/aromatic N) is 3. The lowest BCUT2D eigenvalue weighted by Crippen LogP contribution is -2.27. The Kier molecular flexibility index (Phi) is 3.39. The molecule has 106 valence electrons. The Morgan fingerprint density at radius 3 is 2.67 bits per heavy atom. The molecule has 0 spiro atoms. The van der Waals surface area contributed by atoms with Crippen molar-refractivity contribution in [3.63, 3.8) is 0 Å². The second-order valence-electron chi connectivity index (χ2n) is 4.78. The number of fused-ring (bicyclic) bond motifs is 1. The Morgan fingerprint density at radius 2 is 1.95 bits per heavy atom. The highest BCUT2D eigenvalue weighted by atomic mass is 16.5. The van der Waals surface area contributed by atoms with Crippen molar-refractivity contribution in [1.82, 2.24) is 4.98 Å². The van der Waals surface area contributed by atoms with E-state index in [1.807, 2.05) is 30.3 Å². The van der Waals surface area contributed by atoms with Crippen LogP contribution < -0.4 is 9.64 Å². The van der Waals surface area contributed by atoms with Gasteiger partial charge in [-0.3, -0.25) is 14.8 Å². The molecule has 0 aliphatic carbocycles. The first-order valence-corrected chi connectivity index (χ1v) is 6.61. The van der Waals surface area contributed by atoms with Gasteiger partial charge in [0.15, 0.2) is 0 Å². The van der Waals surface area contributed by atoms with E-state index in [0.29, 0.717) is 5.75 Å². The van der Waals surface area contributed by atoms with E-state index in [0.717, 1.165) is 22.6 Å². The van der Waals surface area contributed by atoms with Crippen LogP contribution in [0.15, 0.2) is 47.7 Å². The zero-order valence-electron chi connectivity index (χ0n) is 11.9. The Bertz CT molecular complexity index is 711. The number of anilines is 1.